The van der Waals surface area contributed by atoms with E-state index in [1.54, 1.807) is 13.8 Å². The van der Waals surface area contributed by atoms with Gasteiger partial charge < -0.3 is 14.6 Å². The highest BCUT2D eigenvalue weighted by Crippen LogP contribution is 2.32. The summed E-state index contributed by atoms with van der Waals surface area (Å²) in [6.07, 6.45) is 1.71. The monoisotopic (exact) mass is 264 g/mol. The lowest BCUT2D eigenvalue weighted by Gasteiger charge is -2.22. The Morgan fingerprint density at radius 3 is 3.05 bits per heavy atom. The second kappa shape index (κ2) is 6.06. The van der Waals surface area contributed by atoms with Gasteiger partial charge in [0.2, 0.25) is 0 Å². The lowest BCUT2D eigenvalue weighted by atomic mass is 9.89. The molecule has 0 aliphatic heterocycles. The van der Waals surface area contributed by atoms with Crippen molar-refractivity contribution < 1.29 is 19.4 Å². The highest BCUT2D eigenvalue weighted by Gasteiger charge is 2.20. The molecule has 4 heteroatoms. The predicted octanol–water partition coefficient (Wildman–Crippen LogP) is 2.39. The van der Waals surface area contributed by atoms with Crippen LogP contribution in [0.2, 0.25) is 0 Å². The van der Waals surface area contributed by atoms with Gasteiger partial charge in [-0.05, 0) is 56.4 Å². The number of esters is 1. The molecule has 1 N–H and O–H groups in total. The van der Waals surface area contributed by atoms with Gasteiger partial charge in [-0.3, -0.25) is 0 Å². The fraction of sp³-hybridized carbons (Fsp3) is 0.533. The summed E-state index contributed by atoms with van der Waals surface area (Å²) in [6, 6.07) is 5.63. The van der Waals surface area contributed by atoms with E-state index in [9.17, 15) is 9.90 Å². The molecule has 4 nitrogen and oxygen atoms in total. The molecule has 0 bridgehead atoms. The van der Waals surface area contributed by atoms with Gasteiger partial charge in [0.15, 0.2) is 6.10 Å². The molecule has 0 fully saturated rings. The molecular weight excluding hydrogens is 244 g/mol. The van der Waals surface area contributed by atoms with E-state index in [0.717, 1.165) is 30.4 Å². The van der Waals surface area contributed by atoms with Gasteiger partial charge in [-0.2, -0.15) is 0 Å². The molecule has 0 radical (unpaired) electrons. The first-order valence-electron chi connectivity index (χ1n) is 6.76. The number of aliphatic hydroxyl groups excluding tert-OH is 1. The first kappa shape index (κ1) is 13.9. The van der Waals surface area contributed by atoms with Crippen LogP contribution in [-0.2, 0) is 16.0 Å². The van der Waals surface area contributed by atoms with Crippen LogP contribution in [0.4, 0.5) is 0 Å². The zero-order valence-corrected chi connectivity index (χ0v) is 11.4. The van der Waals surface area contributed by atoms with Crippen molar-refractivity contribution in [1.82, 2.24) is 0 Å². The molecule has 0 amide bonds. The normalized spacial score (nSPS) is 19.4. The summed E-state index contributed by atoms with van der Waals surface area (Å²) in [5.74, 6) is 0.223. The average Bonchev–Trinajstić information content (AvgIpc) is 2.40. The summed E-state index contributed by atoms with van der Waals surface area (Å²) < 4.78 is 10.5. The Bertz CT molecular complexity index is 455. The van der Waals surface area contributed by atoms with Gasteiger partial charge in [0, 0.05) is 0 Å². The van der Waals surface area contributed by atoms with Crippen molar-refractivity contribution in [1.29, 1.82) is 0 Å². The highest BCUT2D eigenvalue weighted by molar-refractivity contribution is 5.74. The minimum atomic E-state index is -0.640. The maximum Gasteiger partial charge on any atom is 0.347 e. The number of fused-ring (bicyclic) bond motifs is 1. The summed E-state index contributed by atoms with van der Waals surface area (Å²) in [5.41, 5.74) is 2.08. The maximum absolute atomic E-state index is 11.5. The maximum atomic E-state index is 11.5. The van der Waals surface area contributed by atoms with Crippen molar-refractivity contribution in [3.8, 4) is 5.75 Å². The lowest BCUT2D eigenvalue weighted by Crippen LogP contribution is -2.26. The van der Waals surface area contributed by atoms with E-state index >= 15 is 0 Å². The van der Waals surface area contributed by atoms with E-state index < -0.39 is 12.2 Å². The van der Waals surface area contributed by atoms with Crippen molar-refractivity contribution in [3.63, 3.8) is 0 Å². The first-order chi connectivity index (χ1) is 9.11. The number of hydrogen-bond donors (Lipinski definition) is 1. The summed E-state index contributed by atoms with van der Waals surface area (Å²) in [7, 11) is 0. The molecule has 1 aliphatic carbocycles. The van der Waals surface area contributed by atoms with Crippen LogP contribution in [0.3, 0.4) is 0 Å². The number of aliphatic hydroxyl groups is 1. The highest BCUT2D eigenvalue weighted by atomic mass is 16.6. The van der Waals surface area contributed by atoms with Crippen molar-refractivity contribution in [2.45, 2.75) is 45.3 Å². The predicted molar refractivity (Wildman–Crippen MR) is 71.1 cm³/mol. The van der Waals surface area contributed by atoms with Gasteiger partial charge >= 0.3 is 5.97 Å². The van der Waals surface area contributed by atoms with Gasteiger partial charge in [0.25, 0.3) is 0 Å². The fourth-order valence-electron chi connectivity index (χ4n) is 2.34. The molecule has 104 valence electrons. The number of hydrogen-bond acceptors (Lipinski definition) is 4. The van der Waals surface area contributed by atoms with Crippen LogP contribution >= 0.6 is 0 Å². The number of benzene rings is 1. The summed E-state index contributed by atoms with van der Waals surface area (Å²) in [4.78, 5) is 11.5. The first-order valence-corrected chi connectivity index (χ1v) is 6.76. The van der Waals surface area contributed by atoms with Crippen molar-refractivity contribution in [3.05, 3.63) is 29.3 Å². The SMILES string of the molecule is CCOC(=O)C(C)Oc1ccc2c(c1)[C@@H](O)CCC2. The zero-order valence-electron chi connectivity index (χ0n) is 11.4. The molecule has 0 saturated carbocycles. The topological polar surface area (TPSA) is 55.8 Å². The molecule has 1 aromatic rings. The number of carbonyl (C=O) groups excluding carboxylic acids is 1. The van der Waals surface area contributed by atoms with Crippen molar-refractivity contribution in [2.75, 3.05) is 6.61 Å². The van der Waals surface area contributed by atoms with Gasteiger partial charge in [0.05, 0.1) is 12.7 Å². The van der Waals surface area contributed by atoms with E-state index in [1.165, 1.54) is 0 Å². The molecule has 2 rings (SSSR count). The largest absolute Gasteiger partial charge is 0.479 e. The zero-order chi connectivity index (χ0) is 13.8. The standard InChI is InChI=1S/C15H20O4/c1-3-18-15(17)10(2)19-12-8-7-11-5-4-6-14(16)13(11)9-12/h7-10,14,16H,3-6H2,1-2H3/t10?,14-/m0/s1. The van der Waals surface area contributed by atoms with E-state index in [4.69, 9.17) is 9.47 Å². The Kier molecular flexibility index (Phi) is 4.43. The molecule has 1 unspecified atom stereocenters. The van der Waals surface area contributed by atoms with Crippen molar-refractivity contribution in [2.24, 2.45) is 0 Å². The number of carbonyl (C=O) groups is 1. The lowest BCUT2D eigenvalue weighted by molar-refractivity contribution is -0.150. The molecule has 19 heavy (non-hydrogen) atoms. The summed E-state index contributed by atoms with van der Waals surface area (Å²) in [5, 5.41) is 9.97. The Labute approximate surface area is 113 Å². The molecule has 0 spiro atoms. The van der Waals surface area contributed by atoms with Gasteiger partial charge in [0.1, 0.15) is 5.75 Å². The number of aryl methyl sites for hydroxylation is 1. The molecular formula is C15H20O4. The molecule has 2 atom stereocenters. The molecule has 0 aromatic heterocycles. The van der Waals surface area contributed by atoms with E-state index in [-0.39, 0.29) is 5.97 Å². The second-order valence-corrected chi connectivity index (χ2v) is 4.78. The van der Waals surface area contributed by atoms with Crippen LogP contribution in [0.5, 0.6) is 5.75 Å². The number of rotatable bonds is 4. The third kappa shape index (κ3) is 3.26. The quantitative estimate of drug-likeness (QED) is 0.848. The molecule has 0 heterocycles. The molecule has 1 aliphatic rings. The van der Waals surface area contributed by atoms with E-state index in [1.807, 2.05) is 18.2 Å². The van der Waals surface area contributed by atoms with Crippen LogP contribution in [0.15, 0.2) is 18.2 Å². The fourth-order valence-corrected chi connectivity index (χ4v) is 2.34. The third-order valence-corrected chi connectivity index (χ3v) is 3.33. The van der Waals surface area contributed by atoms with E-state index in [0.29, 0.717) is 12.4 Å². The van der Waals surface area contributed by atoms with Crippen LogP contribution in [0.1, 0.15) is 43.9 Å². The third-order valence-electron chi connectivity index (χ3n) is 3.33. The summed E-state index contributed by atoms with van der Waals surface area (Å²) in [6.45, 7) is 3.77. The van der Waals surface area contributed by atoms with Gasteiger partial charge in [-0.1, -0.05) is 6.07 Å². The Balaban J connectivity index is 2.09. The van der Waals surface area contributed by atoms with Crippen LogP contribution in [-0.4, -0.2) is 23.8 Å². The molecule has 1 aromatic carbocycles. The Morgan fingerprint density at radius 2 is 2.32 bits per heavy atom. The minimum absolute atomic E-state index is 0.343. The molecule has 0 saturated heterocycles. The van der Waals surface area contributed by atoms with Gasteiger partial charge in [-0.15, -0.1) is 0 Å². The second-order valence-electron chi connectivity index (χ2n) is 4.78. The average molecular weight is 264 g/mol. The van der Waals surface area contributed by atoms with Crippen LogP contribution < -0.4 is 4.74 Å². The Morgan fingerprint density at radius 1 is 1.53 bits per heavy atom. The number of ether oxygens (including phenoxy) is 2. The minimum Gasteiger partial charge on any atom is -0.479 e. The van der Waals surface area contributed by atoms with Crippen molar-refractivity contribution >= 4 is 5.97 Å². The van der Waals surface area contributed by atoms with E-state index in [2.05, 4.69) is 0 Å². The summed E-state index contributed by atoms with van der Waals surface area (Å²) >= 11 is 0. The van der Waals surface area contributed by atoms with Crippen LogP contribution in [0.25, 0.3) is 0 Å². The smallest absolute Gasteiger partial charge is 0.347 e. The van der Waals surface area contributed by atoms with Gasteiger partial charge in [-0.25, -0.2) is 4.79 Å². The Hall–Kier alpha value is -1.55. The van der Waals surface area contributed by atoms with Crippen LogP contribution in [0, 0.1) is 0 Å².